The van der Waals surface area contributed by atoms with E-state index in [1.165, 1.54) is 6.07 Å². The fraction of sp³-hybridized carbons (Fsp3) is 0.333. The summed E-state index contributed by atoms with van der Waals surface area (Å²) in [7, 11) is 1.11. The molecule has 1 heterocycles. The molecule has 0 atom stereocenters. The molecule has 1 amide bonds. The molecular weight excluding hydrogens is 505 g/mol. The van der Waals surface area contributed by atoms with Crippen LogP contribution in [-0.2, 0) is 14.3 Å². The van der Waals surface area contributed by atoms with Gasteiger partial charge in [-0.3, -0.25) is 4.79 Å². The van der Waals surface area contributed by atoms with E-state index in [1.807, 2.05) is 0 Å². The summed E-state index contributed by atoms with van der Waals surface area (Å²) in [5.74, 6) is -2.11. The van der Waals surface area contributed by atoms with Gasteiger partial charge in [-0.25, -0.2) is 4.79 Å². The second-order valence-corrected chi connectivity index (χ2v) is 7.00. The zero-order chi connectivity index (χ0) is 20.4. The molecule has 1 aliphatic rings. The highest BCUT2D eigenvalue weighted by Gasteiger charge is 2.37. The number of nitrogens with zero attached hydrogens (tertiary/aromatic N) is 1. The van der Waals surface area contributed by atoms with Crippen LogP contribution in [0.4, 0.5) is 18.9 Å². The summed E-state index contributed by atoms with van der Waals surface area (Å²) in [6.07, 6.45) is -4.97. The molecule has 2 N–H and O–H groups in total. The van der Waals surface area contributed by atoms with Crippen LogP contribution in [0.5, 0.6) is 5.75 Å². The van der Waals surface area contributed by atoms with Gasteiger partial charge >= 0.3 is 12.3 Å². The van der Waals surface area contributed by atoms with Gasteiger partial charge in [0.05, 0.1) is 31.5 Å². The van der Waals surface area contributed by atoms with Gasteiger partial charge in [0.15, 0.2) is 5.75 Å². The molecule has 148 valence electrons. The summed E-state index contributed by atoms with van der Waals surface area (Å²) in [6, 6.07) is 2.50. The number of methoxy groups -OCH3 is 1. The van der Waals surface area contributed by atoms with E-state index in [0.717, 1.165) is 18.1 Å². The van der Waals surface area contributed by atoms with Gasteiger partial charge in [0.1, 0.15) is 5.70 Å². The van der Waals surface area contributed by atoms with Crippen molar-refractivity contribution in [3.63, 3.8) is 0 Å². The van der Waals surface area contributed by atoms with Gasteiger partial charge in [0.25, 0.3) is 5.91 Å². The highest BCUT2D eigenvalue weighted by atomic mass is 79.9. The number of anilines is 1. The van der Waals surface area contributed by atoms with Crippen LogP contribution < -0.4 is 10.1 Å². The molecule has 1 aromatic carbocycles. The van der Waals surface area contributed by atoms with Gasteiger partial charge in [0, 0.05) is 15.5 Å². The normalized spacial score (nSPS) is 14.6. The fourth-order valence-electron chi connectivity index (χ4n) is 2.35. The lowest BCUT2D eigenvalue weighted by molar-refractivity contribution is -0.274. The molecule has 0 bridgehead atoms. The van der Waals surface area contributed by atoms with Crippen LogP contribution in [0, 0.1) is 0 Å². The lowest BCUT2D eigenvalue weighted by atomic mass is 10.2. The first-order valence-electron chi connectivity index (χ1n) is 7.30. The summed E-state index contributed by atoms with van der Waals surface area (Å²) < 4.78 is 47.3. The van der Waals surface area contributed by atoms with Crippen molar-refractivity contribution in [3.8, 4) is 5.75 Å². The third-order valence-corrected chi connectivity index (χ3v) is 4.53. The zero-order valence-corrected chi connectivity index (χ0v) is 16.9. The number of aliphatic hydroxyl groups excluding tert-OH is 1. The molecule has 0 saturated heterocycles. The van der Waals surface area contributed by atoms with E-state index in [2.05, 4.69) is 46.7 Å². The van der Waals surface area contributed by atoms with Crippen LogP contribution >= 0.6 is 31.9 Å². The first-order chi connectivity index (χ1) is 12.6. The highest BCUT2D eigenvalue weighted by molar-refractivity contribution is 9.11. The highest BCUT2D eigenvalue weighted by Crippen LogP contribution is 2.40. The molecule has 0 unspecified atom stereocenters. The lowest BCUT2D eigenvalue weighted by Crippen LogP contribution is -2.31. The average Bonchev–Trinajstić information content (AvgIpc) is 2.85. The summed E-state index contributed by atoms with van der Waals surface area (Å²) in [4.78, 5) is 25.6. The molecule has 27 heavy (non-hydrogen) atoms. The van der Waals surface area contributed by atoms with Gasteiger partial charge < -0.3 is 24.8 Å². The number of carbonyl (C=O) groups is 2. The quantitative estimate of drug-likeness (QED) is 0.564. The molecular formula is C15H13Br2F3N2O5. The molecule has 0 saturated carbocycles. The predicted molar refractivity (Wildman–Crippen MR) is 94.9 cm³/mol. The number of amides is 1. The third kappa shape index (κ3) is 5.14. The van der Waals surface area contributed by atoms with Gasteiger partial charge in [-0.2, -0.15) is 0 Å². The maximum Gasteiger partial charge on any atom is 0.573 e. The number of halogens is 5. The van der Waals surface area contributed by atoms with Crippen molar-refractivity contribution >= 4 is 49.4 Å². The fourth-order valence-corrected chi connectivity index (χ4v) is 3.64. The molecule has 1 aromatic rings. The van der Waals surface area contributed by atoms with Crippen molar-refractivity contribution in [2.75, 3.05) is 32.1 Å². The van der Waals surface area contributed by atoms with Gasteiger partial charge in [-0.05, 0) is 28.1 Å². The maximum absolute atomic E-state index is 12.7. The van der Waals surface area contributed by atoms with Gasteiger partial charge in [0.2, 0.25) is 0 Å². The van der Waals surface area contributed by atoms with Crippen LogP contribution in [0.3, 0.4) is 0 Å². The molecule has 1 aliphatic heterocycles. The third-order valence-electron chi connectivity index (χ3n) is 3.45. The molecule has 0 spiro atoms. The number of alkyl halides is 3. The number of aliphatic hydroxyl groups is 1. The van der Waals surface area contributed by atoms with E-state index in [9.17, 15) is 22.8 Å². The summed E-state index contributed by atoms with van der Waals surface area (Å²) >= 11 is 6.17. The smallest absolute Gasteiger partial charge is 0.466 e. The monoisotopic (exact) mass is 516 g/mol. The number of β-amino-alcohol motifs (C(OH)–C–C–N with tert-alkyl or cyclic N) is 1. The Labute approximate surface area is 168 Å². The van der Waals surface area contributed by atoms with Crippen LogP contribution in [0.15, 0.2) is 32.3 Å². The number of hydrogen-bond donors (Lipinski definition) is 2. The largest absolute Gasteiger partial charge is 0.573 e. The summed E-state index contributed by atoms with van der Waals surface area (Å²) in [6.45, 7) is -0.562. The SMILES string of the molecule is COC(=O)C1=C(Nc2c(Br)cc(Br)cc2OC(F)(F)F)C(=O)N(CCO)C1. The van der Waals surface area contributed by atoms with E-state index in [-0.39, 0.29) is 41.1 Å². The Kier molecular flexibility index (Phi) is 6.76. The topological polar surface area (TPSA) is 88.1 Å². The Hall–Kier alpha value is -1.79. The number of esters is 1. The van der Waals surface area contributed by atoms with E-state index in [1.54, 1.807) is 0 Å². The minimum absolute atomic E-state index is 0.0576. The zero-order valence-electron chi connectivity index (χ0n) is 13.7. The van der Waals surface area contributed by atoms with E-state index >= 15 is 0 Å². The molecule has 12 heteroatoms. The minimum atomic E-state index is -4.97. The number of carbonyl (C=O) groups excluding carboxylic acids is 2. The van der Waals surface area contributed by atoms with E-state index in [4.69, 9.17) is 5.11 Å². The van der Waals surface area contributed by atoms with Gasteiger partial charge in [-0.15, -0.1) is 13.2 Å². The molecule has 7 nitrogen and oxygen atoms in total. The standard InChI is InChI=1S/C15H13Br2F3N2O5/c1-26-14(25)8-6-22(2-3-23)13(24)11(8)21-12-9(17)4-7(16)5-10(12)27-15(18,19)20/h4-5,21,23H,2-3,6H2,1H3. The second-order valence-electron chi connectivity index (χ2n) is 5.23. The maximum atomic E-state index is 12.7. The van der Waals surface area contributed by atoms with Crippen molar-refractivity contribution in [2.24, 2.45) is 0 Å². The van der Waals surface area contributed by atoms with Crippen molar-refractivity contribution in [3.05, 3.63) is 32.3 Å². The summed E-state index contributed by atoms with van der Waals surface area (Å²) in [5.41, 5.74) is -0.541. The Morgan fingerprint density at radius 3 is 2.59 bits per heavy atom. The number of rotatable bonds is 6. The molecule has 0 fully saturated rings. The first kappa shape index (κ1) is 21.5. The Balaban J connectivity index is 2.49. The summed E-state index contributed by atoms with van der Waals surface area (Å²) in [5, 5.41) is 11.6. The second kappa shape index (κ2) is 8.48. The Bertz CT molecular complexity index is 798. The molecule has 0 radical (unpaired) electrons. The number of nitrogens with one attached hydrogen (secondary N) is 1. The average molecular weight is 518 g/mol. The number of benzene rings is 1. The molecule has 2 rings (SSSR count). The van der Waals surface area contributed by atoms with E-state index in [0.29, 0.717) is 4.47 Å². The molecule has 0 aromatic heterocycles. The van der Waals surface area contributed by atoms with Gasteiger partial charge in [-0.1, -0.05) is 15.9 Å². The van der Waals surface area contributed by atoms with Crippen molar-refractivity contribution < 1.29 is 37.3 Å². The molecule has 0 aliphatic carbocycles. The predicted octanol–water partition coefficient (Wildman–Crippen LogP) is 2.78. The van der Waals surface area contributed by atoms with Crippen LogP contribution in [-0.4, -0.2) is 55.1 Å². The van der Waals surface area contributed by atoms with Crippen molar-refractivity contribution in [1.82, 2.24) is 4.90 Å². The van der Waals surface area contributed by atoms with Crippen LogP contribution in [0.2, 0.25) is 0 Å². The van der Waals surface area contributed by atoms with Crippen LogP contribution in [0.25, 0.3) is 0 Å². The number of hydrogen-bond acceptors (Lipinski definition) is 6. The Morgan fingerprint density at radius 2 is 2.04 bits per heavy atom. The lowest BCUT2D eigenvalue weighted by Gasteiger charge is -2.18. The first-order valence-corrected chi connectivity index (χ1v) is 8.89. The van der Waals surface area contributed by atoms with Crippen molar-refractivity contribution in [1.29, 1.82) is 0 Å². The van der Waals surface area contributed by atoms with Crippen LogP contribution in [0.1, 0.15) is 0 Å². The number of ether oxygens (including phenoxy) is 2. The van der Waals surface area contributed by atoms with Crippen molar-refractivity contribution in [2.45, 2.75) is 6.36 Å². The van der Waals surface area contributed by atoms with E-state index < -0.39 is 24.0 Å². The Morgan fingerprint density at radius 1 is 1.37 bits per heavy atom. The minimum Gasteiger partial charge on any atom is -0.466 e.